The number of aliphatic hydroxyl groups excluding tert-OH is 3. The molecule has 0 bridgehead atoms. The van der Waals surface area contributed by atoms with E-state index < -0.39 is 36.3 Å². The van der Waals surface area contributed by atoms with Crippen molar-refractivity contribution in [1.82, 2.24) is 14.6 Å². The van der Waals surface area contributed by atoms with E-state index in [9.17, 15) is 19.7 Å². The van der Waals surface area contributed by atoms with Gasteiger partial charge >= 0.3 is 0 Å². The number of hydrogen-bond donors (Lipinski definition) is 4. The zero-order valence-electron chi connectivity index (χ0n) is 12.1. The molecule has 4 atom stereocenters. The molecule has 5 N–H and O–H groups in total. The molecule has 2 aromatic rings. The summed E-state index contributed by atoms with van der Waals surface area (Å²) in [5.74, 6) is -0.755. The lowest BCUT2D eigenvalue weighted by atomic mass is 9.86. The van der Waals surface area contributed by atoms with Crippen LogP contribution < -0.4 is 5.73 Å². The lowest BCUT2D eigenvalue weighted by Crippen LogP contribution is -2.43. The number of rotatable bonds is 3. The van der Waals surface area contributed by atoms with Crippen molar-refractivity contribution in [2.45, 2.75) is 36.8 Å². The maximum absolute atomic E-state index is 14.3. The van der Waals surface area contributed by atoms with Gasteiger partial charge in [-0.3, -0.25) is 0 Å². The standard InChI is InChI=1S/C14H17FN4O4/c15-7-3-9(19-10(7)13(16)17-5-18-19)14(6-1-2-6)12(22)11(21)8(4-20)23-14/h3,5-6,8,11-12,20-22H,1-2,4H2,(H2,16,17,18)/t8-,11-,12-,14+/m1/s1. The van der Waals surface area contributed by atoms with Gasteiger partial charge in [0.15, 0.2) is 11.6 Å². The van der Waals surface area contributed by atoms with Crippen LogP contribution in [0, 0.1) is 11.7 Å². The molecule has 0 radical (unpaired) electrons. The van der Waals surface area contributed by atoms with Crippen LogP contribution in [0.1, 0.15) is 18.5 Å². The van der Waals surface area contributed by atoms with Crippen LogP contribution in [0.15, 0.2) is 12.4 Å². The summed E-state index contributed by atoms with van der Waals surface area (Å²) in [5, 5.41) is 34.2. The third-order valence-corrected chi connectivity index (χ3v) is 4.79. The third kappa shape index (κ3) is 1.84. The molecule has 0 amide bonds. The first-order chi connectivity index (χ1) is 11.0. The Morgan fingerprint density at radius 1 is 1.43 bits per heavy atom. The predicted molar refractivity (Wildman–Crippen MR) is 75.7 cm³/mol. The monoisotopic (exact) mass is 324 g/mol. The highest BCUT2D eigenvalue weighted by Crippen LogP contribution is 2.55. The van der Waals surface area contributed by atoms with Crippen molar-refractivity contribution in [3.8, 4) is 0 Å². The minimum Gasteiger partial charge on any atom is -0.394 e. The van der Waals surface area contributed by atoms with Gasteiger partial charge in [-0.25, -0.2) is 13.9 Å². The minimum atomic E-state index is -1.33. The molecule has 1 saturated heterocycles. The van der Waals surface area contributed by atoms with Crippen LogP contribution in [0.5, 0.6) is 0 Å². The van der Waals surface area contributed by atoms with Gasteiger partial charge in [0.2, 0.25) is 0 Å². The molecule has 2 aromatic heterocycles. The Morgan fingerprint density at radius 2 is 2.17 bits per heavy atom. The Balaban J connectivity index is 1.95. The number of anilines is 1. The van der Waals surface area contributed by atoms with Gasteiger partial charge in [-0.1, -0.05) is 0 Å². The molecular formula is C14H17FN4O4. The summed E-state index contributed by atoms with van der Waals surface area (Å²) in [7, 11) is 0. The van der Waals surface area contributed by atoms with E-state index in [2.05, 4.69) is 10.1 Å². The number of aromatic nitrogens is 3. The Morgan fingerprint density at radius 3 is 2.78 bits per heavy atom. The van der Waals surface area contributed by atoms with E-state index in [0.717, 1.165) is 12.8 Å². The molecule has 2 fully saturated rings. The first-order valence-electron chi connectivity index (χ1n) is 7.43. The van der Waals surface area contributed by atoms with Gasteiger partial charge in [0.25, 0.3) is 0 Å². The van der Waals surface area contributed by atoms with E-state index in [1.807, 2.05) is 0 Å². The molecule has 9 heteroatoms. The summed E-state index contributed by atoms with van der Waals surface area (Å²) in [6.45, 7) is -0.449. The first-order valence-corrected chi connectivity index (χ1v) is 7.43. The van der Waals surface area contributed by atoms with E-state index in [-0.39, 0.29) is 22.9 Å². The quantitative estimate of drug-likeness (QED) is 0.580. The maximum Gasteiger partial charge on any atom is 0.154 e. The fraction of sp³-hybridized carbons (Fsp3) is 0.571. The fourth-order valence-electron chi connectivity index (χ4n) is 3.56. The molecule has 1 aliphatic heterocycles. The lowest BCUT2D eigenvalue weighted by Gasteiger charge is -2.32. The summed E-state index contributed by atoms with van der Waals surface area (Å²) < 4.78 is 21.5. The van der Waals surface area contributed by atoms with Crippen LogP contribution in [-0.2, 0) is 10.3 Å². The summed E-state index contributed by atoms with van der Waals surface area (Å²) in [6, 6.07) is 1.20. The van der Waals surface area contributed by atoms with Crippen molar-refractivity contribution in [2.75, 3.05) is 12.3 Å². The van der Waals surface area contributed by atoms with Crippen LogP contribution in [0.2, 0.25) is 0 Å². The number of fused-ring (bicyclic) bond motifs is 1. The second-order valence-corrected chi connectivity index (χ2v) is 6.12. The summed E-state index contributed by atoms with van der Waals surface area (Å²) in [5.41, 5.74) is 4.65. The molecule has 0 spiro atoms. The molecule has 124 valence electrons. The molecule has 0 aromatic carbocycles. The Bertz CT molecular complexity index is 765. The Kier molecular flexibility index (Phi) is 3.11. The van der Waals surface area contributed by atoms with Gasteiger partial charge in [0, 0.05) is 6.07 Å². The van der Waals surface area contributed by atoms with Crippen molar-refractivity contribution in [2.24, 2.45) is 5.92 Å². The predicted octanol–water partition coefficient (Wildman–Crippen LogP) is -0.831. The number of nitrogens with two attached hydrogens (primary N) is 1. The largest absolute Gasteiger partial charge is 0.394 e. The second-order valence-electron chi connectivity index (χ2n) is 6.12. The number of nitrogens with zero attached hydrogens (tertiary/aromatic N) is 3. The zero-order valence-corrected chi connectivity index (χ0v) is 12.1. The van der Waals surface area contributed by atoms with Crippen LogP contribution in [0.25, 0.3) is 5.52 Å². The van der Waals surface area contributed by atoms with Crippen molar-refractivity contribution in [3.63, 3.8) is 0 Å². The average molecular weight is 324 g/mol. The molecule has 0 unspecified atom stereocenters. The van der Waals surface area contributed by atoms with Gasteiger partial charge in [0.1, 0.15) is 35.8 Å². The Labute approximate surface area is 130 Å². The molecule has 4 rings (SSSR count). The molecule has 1 saturated carbocycles. The number of hydrogen-bond acceptors (Lipinski definition) is 7. The van der Waals surface area contributed by atoms with Gasteiger partial charge in [-0.2, -0.15) is 5.10 Å². The summed E-state index contributed by atoms with van der Waals surface area (Å²) >= 11 is 0. The van der Waals surface area contributed by atoms with E-state index in [1.165, 1.54) is 16.9 Å². The first kappa shape index (κ1) is 14.8. The topological polar surface area (TPSA) is 126 Å². The van der Waals surface area contributed by atoms with Crippen molar-refractivity contribution >= 4 is 11.3 Å². The number of nitrogen functional groups attached to an aromatic ring is 1. The Hall–Kier alpha value is -1.81. The highest BCUT2D eigenvalue weighted by molar-refractivity contribution is 5.67. The van der Waals surface area contributed by atoms with Crippen LogP contribution in [0.3, 0.4) is 0 Å². The van der Waals surface area contributed by atoms with E-state index in [1.54, 1.807) is 0 Å². The van der Waals surface area contributed by atoms with Crippen molar-refractivity contribution in [1.29, 1.82) is 0 Å². The molecule has 3 heterocycles. The lowest BCUT2D eigenvalue weighted by molar-refractivity contribution is -0.116. The molecular weight excluding hydrogens is 307 g/mol. The fourth-order valence-corrected chi connectivity index (χ4v) is 3.56. The van der Waals surface area contributed by atoms with Crippen molar-refractivity contribution < 1.29 is 24.4 Å². The van der Waals surface area contributed by atoms with E-state index in [4.69, 9.17) is 10.5 Å². The highest BCUT2D eigenvalue weighted by atomic mass is 19.1. The van der Waals surface area contributed by atoms with Gasteiger partial charge in [-0.05, 0) is 18.8 Å². The van der Waals surface area contributed by atoms with Crippen LogP contribution in [-0.4, -0.2) is 54.8 Å². The molecule has 8 nitrogen and oxygen atoms in total. The molecule has 23 heavy (non-hydrogen) atoms. The maximum atomic E-state index is 14.3. The number of aliphatic hydroxyl groups is 3. The van der Waals surface area contributed by atoms with Gasteiger partial charge < -0.3 is 25.8 Å². The van der Waals surface area contributed by atoms with E-state index >= 15 is 0 Å². The molecule has 2 aliphatic rings. The number of halogens is 1. The van der Waals surface area contributed by atoms with Crippen LogP contribution >= 0.6 is 0 Å². The zero-order chi connectivity index (χ0) is 16.4. The van der Waals surface area contributed by atoms with Crippen LogP contribution in [0.4, 0.5) is 10.2 Å². The van der Waals surface area contributed by atoms with E-state index in [0.29, 0.717) is 0 Å². The number of ether oxygens (including phenoxy) is 1. The highest BCUT2D eigenvalue weighted by Gasteiger charge is 2.63. The molecule has 1 aliphatic carbocycles. The summed E-state index contributed by atoms with van der Waals surface area (Å²) in [4.78, 5) is 3.77. The third-order valence-electron chi connectivity index (χ3n) is 4.79. The summed E-state index contributed by atoms with van der Waals surface area (Å²) in [6.07, 6.45) is -0.811. The van der Waals surface area contributed by atoms with Gasteiger partial charge in [0.05, 0.1) is 12.3 Å². The SMILES string of the molecule is Nc1ncnn2c([C@]3(C4CC4)O[C@H](CO)[C@@H](O)[C@H]3O)cc(F)c12. The smallest absolute Gasteiger partial charge is 0.154 e. The van der Waals surface area contributed by atoms with Crippen molar-refractivity contribution in [3.05, 3.63) is 23.9 Å². The average Bonchev–Trinajstić information content (AvgIpc) is 3.28. The normalized spacial score (nSPS) is 34.3. The second kappa shape index (κ2) is 4.84. The van der Waals surface area contributed by atoms with Gasteiger partial charge in [-0.15, -0.1) is 0 Å². The minimum absolute atomic E-state index is 0.000244.